The lowest BCUT2D eigenvalue weighted by Crippen LogP contribution is -2.35. The smallest absolute Gasteiger partial charge is 0.319 e. The van der Waals surface area contributed by atoms with E-state index in [1.807, 2.05) is 6.92 Å². The molecule has 1 heterocycles. The van der Waals surface area contributed by atoms with Crippen molar-refractivity contribution in [3.8, 4) is 0 Å². The average molecular weight is 266 g/mol. The minimum absolute atomic E-state index is 0.0701. The van der Waals surface area contributed by atoms with Crippen molar-refractivity contribution in [3.05, 3.63) is 21.2 Å². The highest BCUT2D eigenvalue weighted by atomic mass is 35.5. The van der Waals surface area contributed by atoms with Gasteiger partial charge in [0.25, 0.3) is 0 Å². The summed E-state index contributed by atoms with van der Waals surface area (Å²) in [6, 6.07) is 0. The second kappa shape index (κ2) is 5.52. The Labute approximate surface area is 107 Å². The third-order valence-electron chi connectivity index (χ3n) is 2.71. The van der Waals surface area contributed by atoms with Gasteiger partial charge in [0.05, 0.1) is 5.03 Å². The Bertz CT molecular complexity index is 312. The Kier molecular flexibility index (Phi) is 4.88. The fraction of sp³-hybridized carbons (Fsp3) is 0.600. The van der Waals surface area contributed by atoms with E-state index < -0.39 is 0 Å². The van der Waals surface area contributed by atoms with Crippen LogP contribution in [-0.4, -0.2) is 11.2 Å². The van der Waals surface area contributed by atoms with Crippen LogP contribution in [-0.2, 0) is 0 Å². The van der Waals surface area contributed by atoms with E-state index >= 15 is 0 Å². The zero-order valence-corrected chi connectivity index (χ0v) is 11.5. The van der Waals surface area contributed by atoms with Crippen LogP contribution >= 0.6 is 35.0 Å². The van der Waals surface area contributed by atoms with Crippen molar-refractivity contribution in [1.82, 2.24) is 4.33 Å². The number of hydrogen-bond acceptors (Lipinski definition) is 1. The molecule has 15 heavy (non-hydrogen) atoms. The van der Waals surface area contributed by atoms with Gasteiger partial charge in [0.2, 0.25) is 0 Å². The van der Waals surface area contributed by atoms with Crippen LogP contribution in [0.15, 0.2) is 21.2 Å². The maximum absolute atomic E-state index is 6.30. The van der Waals surface area contributed by atoms with Crippen molar-refractivity contribution in [2.24, 2.45) is 0 Å². The molecule has 0 fully saturated rings. The summed E-state index contributed by atoms with van der Waals surface area (Å²) in [4.78, 5) is 0.789. The van der Waals surface area contributed by atoms with Crippen LogP contribution in [0.25, 0.3) is 0 Å². The van der Waals surface area contributed by atoms with E-state index in [1.165, 1.54) is 0 Å². The standard InChI is InChI=1S/C10H15BCl3N/c1-4-7-9(12)8(5-2)15(14)11(6-3)10(7)13/h4-6H2,1-3H3. The lowest BCUT2D eigenvalue weighted by molar-refractivity contribution is 0.757. The SMILES string of the molecule is CCB1C(Cl)=C(CC)C(Cl)=C(CC)N1Cl. The molecular formula is C10H15BCl3N. The molecule has 0 aromatic heterocycles. The monoisotopic (exact) mass is 265 g/mol. The third-order valence-corrected chi connectivity index (χ3v) is 4.07. The largest absolute Gasteiger partial charge is 0.326 e. The van der Waals surface area contributed by atoms with Gasteiger partial charge in [0, 0.05) is 10.6 Å². The van der Waals surface area contributed by atoms with Crippen LogP contribution in [0.5, 0.6) is 0 Å². The Morgan fingerprint density at radius 3 is 2.13 bits per heavy atom. The highest BCUT2D eigenvalue weighted by molar-refractivity contribution is 6.80. The van der Waals surface area contributed by atoms with Crippen LogP contribution in [0.2, 0.25) is 6.32 Å². The Morgan fingerprint density at radius 2 is 1.73 bits per heavy atom. The molecular weight excluding hydrogens is 251 g/mol. The summed E-state index contributed by atoms with van der Waals surface area (Å²) in [6.45, 7) is 6.25. The molecule has 84 valence electrons. The fourth-order valence-corrected chi connectivity index (χ4v) is 3.35. The molecule has 1 aliphatic heterocycles. The first kappa shape index (κ1) is 13.3. The minimum Gasteiger partial charge on any atom is -0.326 e. The van der Waals surface area contributed by atoms with Crippen molar-refractivity contribution in [3.63, 3.8) is 0 Å². The van der Waals surface area contributed by atoms with Gasteiger partial charge in [-0.25, -0.2) is 0 Å². The molecule has 0 aromatic carbocycles. The molecule has 0 N–H and O–H groups in total. The summed E-state index contributed by atoms with van der Waals surface area (Å²) in [5.41, 5.74) is 2.02. The molecule has 0 atom stereocenters. The van der Waals surface area contributed by atoms with Crippen molar-refractivity contribution < 1.29 is 0 Å². The van der Waals surface area contributed by atoms with Gasteiger partial charge in [-0.1, -0.05) is 50.3 Å². The molecule has 1 aliphatic rings. The van der Waals surface area contributed by atoms with Crippen molar-refractivity contribution in [2.75, 3.05) is 0 Å². The highest BCUT2D eigenvalue weighted by Crippen LogP contribution is 2.39. The Morgan fingerprint density at radius 1 is 1.13 bits per heavy atom. The maximum Gasteiger partial charge on any atom is 0.319 e. The van der Waals surface area contributed by atoms with Gasteiger partial charge < -0.3 is 4.33 Å². The molecule has 0 unspecified atom stereocenters. The molecule has 1 nitrogen and oxygen atoms in total. The molecule has 0 aromatic rings. The van der Waals surface area contributed by atoms with Crippen molar-refractivity contribution >= 4 is 41.8 Å². The molecule has 0 spiro atoms. The summed E-state index contributed by atoms with van der Waals surface area (Å²) in [5, 5.41) is 0.727. The number of nitrogens with zero attached hydrogens (tertiary/aromatic N) is 1. The van der Waals surface area contributed by atoms with E-state index in [-0.39, 0.29) is 6.85 Å². The molecule has 0 radical (unpaired) electrons. The molecule has 0 amide bonds. The van der Waals surface area contributed by atoms with E-state index in [9.17, 15) is 0 Å². The second-order valence-electron chi connectivity index (χ2n) is 3.53. The molecule has 0 saturated carbocycles. The normalized spacial score (nSPS) is 18.0. The number of allylic oxidation sites excluding steroid dienone is 3. The first-order chi connectivity index (χ1) is 7.08. The highest BCUT2D eigenvalue weighted by Gasteiger charge is 2.33. The van der Waals surface area contributed by atoms with Gasteiger partial charge in [-0.3, -0.25) is 0 Å². The van der Waals surface area contributed by atoms with Gasteiger partial charge in [0.15, 0.2) is 0 Å². The van der Waals surface area contributed by atoms with Crippen molar-refractivity contribution in [1.29, 1.82) is 0 Å². The first-order valence-electron chi connectivity index (χ1n) is 5.30. The van der Waals surface area contributed by atoms with Crippen LogP contribution < -0.4 is 0 Å². The molecule has 0 aliphatic carbocycles. The summed E-state index contributed by atoms with van der Waals surface area (Å²) >= 11 is 18.8. The molecule has 5 heteroatoms. The van der Waals surface area contributed by atoms with Gasteiger partial charge >= 0.3 is 6.85 Å². The van der Waals surface area contributed by atoms with Gasteiger partial charge in [-0.2, -0.15) is 0 Å². The topological polar surface area (TPSA) is 3.24 Å². The van der Waals surface area contributed by atoms with E-state index in [0.717, 1.165) is 40.4 Å². The summed E-state index contributed by atoms with van der Waals surface area (Å²) in [6.07, 6.45) is 2.56. The predicted octanol–water partition coefficient (Wildman–Crippen LogP) is 4.77. The van der Waals surface area contributed by atoms with E-state index in [4.69, 9.17) is 35.0 Å². The van der Waals surface area contributed by atoms with Crippen LogP contribution in [0.1, 0.15) is 33.6 Å². The van der Waals surface area contributed by atoms with E-state index in [2.05, 4.69) is 13.8 Å². The molecule has 0 saturated heterocycles. The number of rotatable bonds is 3. The zero-order chi connectivity index (χ0) is 11.6. The van der Waals surface area contributed by atoms with Gasteiger partial charge in [-0.15, -0.1) is 0 Å². The quantitative estimate of drug-likeness (QED) is 0.525. The van der Waals surface area contributed by atoms with Crippen LogP contribution in [0.3, 0.4) is 0 Å². The zero-order valence-electron chi connectivity index (χ0n) is 9.28. The predicted molar refractivity (Wildman–Crippen MR) is 70.3 cm³/mol. The fourth-order valence-electron chi connectivity index (χ4n) is 1.83. The average Bonchev–Trinajstić information content (AvgIpc) is 2.19. The Hall–Kier alpha value is 0.215. The molecule has 0 bridgehead atoms. The maximum atomic E-state index is 6.30. The molecule has 1 rings (SSSR count). The minimum atomic E-state index is 0.0701. The second-order valence-corrected chi connectivity index (χ2v) is 4.68. The Balaban J connectivity index is 3.22. The van der Waals surface area contributed by atoms with Gasteiger partial charge in [-0.05, 0) is 30.2 Å². The lowest BCUT2D eigenvalue weighted by Gasteiger charge is -2.32. The van der Waals surface area contributed by atoms with Crippen LogP contribution in [0, 0.1) is 0 Å². The van der Waals surface area contributed by atoms with Crippen molar-refractivity contribution in [2.45, 2.75) is 39.9 Å². The summed E-state index contributed by atoms with van der Waals surface area (Å²) in [5.74, 6) is 0. The number of halogens is 3. The van der Waals surface area contributed by atoms with E-state index in [1.54, 1.807) is 4.33 Å². The lowest BCUT2D eigenvalue weighted by atomic mass is 9.56. The third kappa shape index (κ3) is 2.32. The first-order valence-corrected chi connectivity index (χ1v) is 6.40. The van der Waals surface area contributed by atoms with Gasteiger partial charge in [0.1, 0.15) is 0 Å². The number of hydrogen-bond donors (Lipinski definition) is 0. The summed E-state index contributed by atoms with van der Waals surface area (Å²) < 4.78 is 1.68. The van der Waals surface area contributed by atoms with E-state index in [0.29, 0.717) is 0 Å². The summed E-state index contributed by atoms with van der Waals surface area (Å²) in [7, 11) is 0. The van der Waals surface area contributed by atoms with Crippen LogP contribution in [0.4, 0.5) is 0 Å².